The van der Waals surface area contributed by atoms with Crippen molar-refractivity contribution in [1.82, 2.24) is 25.1 Å². The number of rotatable bonds is 8. The van der Waals surface area contributed by atoms with Gasteiger partial charge in [-0.05, 0) is 50.7 Å². The van der Waals surface area contributed by atoms with Gasteiger partial charge in [0.2, 0.25) is 5.91 Å². The second kappa shape index (κ2) is 10.1. The molecule has 4 heterocycles. The molecule has 34 heavy (non-hydrogen) atoms. The molecule has 0 bridgehead atoms. The summed E-state index contributed by atoms with van der Waals surface area (Å²) in [7, 11) is 0. The maximum Gasteiger partial charge on any atom is 0.220 e. The van der Waals surface area contributed by atoms with Gasteiger partial charge in [0, 0.05) is 73.2 Å². The van der Waals surface area contributed by atoms with Crippen LogP contribution in [0.5, 0.6) is 0 Å². The lowest BCUT2D eigenvalue weighted by Gasteiger charge is -2.31. The number of aryl methyl sites for hydroxylation is 3. The van der Waals surface area contributed by atoms with Gasteiger partial charge in [0.15, 0.2) is 0 Å². The molecule has 0 aliphatic carbocycles. The molecule has 1 N–H and O–H groups in total. The SMILES string of the molecule is Cc1cc(N2CCc3c(c(C)nn3CCCCCNC(=O)CC(C)(C)C)C2)c2ccncc2n1. The highest BCUT2D eigenvalue weighted by Crippen LogP contribution is 2.31. The molecule has 0 aromatic carbocycles. The van der Waals surface area contributed by atoms with E-state index in [1.165, 1.54) is 16.9 Å². The molecule has 7 nitrogen and oxygen atoms in total. The van der Waals surface area contributed by atoms with Crippen LogP contribution in [0.15, 0.2) is 24.5 Å². The van der Waals surface area contributed by atoms with E-state index in [0.717, 1.165) is 74.2 Å². The lowest BCUT2D eigenvalue weighted by Crippen LogP contribution is -2.31. The molecule has 1 amide bonds. The summed E-state index contributed by atoms with van der Waals surface area (Å²) in [5.41, 5.74) is 7.11. The van der Waals surface area contributed by atoms with Crippen molar-refractivity contribution < 1.29 is 4.79 Å². The van der Waals surface area contributed by atoms with Crippen molar-refractivity contribution in [3.05, 3.63) is 47.2 Å². The second-order valence-electron chi connectivity index (χ2n) is 10.7. The number of unbranched alkanes of at least 4 members (excludes halogenated alkanes) is 2. The number of carbonyl (C=O) groups excluding carboxylic acids is 1. The number of anilines is 1. The Hall–Kier alpha value is -2.96. The minimum Gasteiger partial charge on any atom is -0.366 e. The Morgan fingerprint density at radius 3 is 2.79 bits per heavy atom. The van der Waals surface area contributed by atoms with E-state index in [4.69, 9.17) is 5.10 Å². The van der Waals surface area contributed by atoms with Gasteiger partial charge in [-0.2, -0.15) is 5.10 Å². The van der Waals surface area contributed by atoms with Crippen LogP contribution < -0.4 is 10.2 Å². The van der Waals surface area contributed by atoms with Crippen molar-refractivity contribution in [2.24, 2.45) is 5.41 Å². The Morgan fingerprint density at radius 1 is 1.18 bits per heavy atom. The lowest BCUT2D eigenvalue weighted by atomic mass is 9.92. The van der Waals surface area contributed by atoms with Gasteiger partial charge in [-0.25, -0.2) is 0 Å². The van der Waals surface area contributed by atoms with Crippen molar-refractivity contribution in [2.75, 3.05) is 18.0 Å². The predicted octanol–water partition coefficient (Wildman–Crippen LogP) is 4.73. The van der Waals surface area contributed by atoms with Gasteiger partial charge in [-0.1, -0.05) is 20.8 Å². The largest absolute Gasteiger partial charge is 0.366 e. The summed E-state index contributed by atoms with van der Waals surface area (Å²) in [5.74, 6) is 0.155. The molecule has 1 aliphatic heterocycles. The Bertz CT molecular complexity index is 1160. The molecule has 3 aromatic rings. The van der Waals surface area contributed by atoms with Crippen molar-refractivity contribution in [1.29, 1.82) is 0 Å². The van der Waals surface area contributed by atoms with Crippen LogP contribution in [-0.2, 0) is 24.3 Å². The average Bonchev–Trinajstić information content (AvgIpc) is 3.09. The molecule has 1 aliphatic rings. The second-order valence-corrected chi connectivity index (χ2v) is 10.7. The van der Waals surface area contributed by atoms with Gasteiger partial charge >= 0.3 is 0 Å². The molecule has 182 valence electrons. The maximum atomic E-state index is 12.0. The summed E-state index contributed by atoms with van der Waals surface area (Å²) in [6.07, 6.45) is 8.44. The first kappa shape index (κ1) is 24.2. The van der Waals surface area contributed by atoms with E-state index in [1.807, 2.05) is 19.3 Å². The number of carbonyl (C=O) groups is 1. The van der Waals surface area contributed by atoms with E-state index < -0.39 is 0 Å². The molecule has 0 saturated carbocycles. The fourth-order valence-corrected chi connectivity index (χ4v) is 4.84. The third-order valence-corrected chi connectivity index (χ3v) is 6.45. The van der Waals surface area contributed by atoms with Gasteiger partial charge in [0.25, 0.3) is 0 Å². The topological polar surface area (TPSA) is 75.9 Å². The van der Waals surface area contributed by atoms with Crippen molar-refractivity contribution in [3.8, 4) is 0 Å². The Morgan fingerprint density at radius 2 is 2.00 bits per heavy atom. The summed E-state index contributed by atoms with van der Waals surface area (Å²) >= 11 is 0. The van der Waals surface area contributed by atoms with E-state index in [0.29, 0.717) is 6.42 Å². The standard InChI is InChI=1S/C27H38N6O/c1-19-15-25(21-9-12-28-17-23(21)30-19)32-14-10-24-22(18-32)20(2)31-33(24)13-8-6-7-11-29-26(34)16-27(3,4)5/h9,12,15,17H,6-8,10-11,13-14,16,18H2,1-5H3,(H,29,34). The molecule has 0 fully saturated rings. The minimum absolute atomic E-state index is 0.0389. The van der Waals surface area contributed by atoms with E-state index >= 15 is 0 Å². The summed E-state index contributed by atoms with van der Waals surface area (Å²) in [6, 6.07) is 4.25. The highest BCUT2D eigenvalue weighted by Gasteiger charge is 2.24. The molecular formula is C27H38N6O. The number of pyridine rings is 2. The monoisotopic (exact) mass is 462 g/mol. The van der Waals surface area contributed by atoms with Gasteiger partial charge in [0.1, 0.15) is 0 Å². The molecule has 7 heteroatoms. The normalized spacial score (nSPS) is 13.9. The van der Waals surface area contributed by atoms with Crippen molar-refractivity contribution in [3.63, 3.8) is 0 Å². The van der Waals surface area contributed by atoms with Crippen LogP contribution in [-0.4, -0.2) is 38.7 Å². The Labute approximate surface area is 203 Å². The van der Waals surface area contributed by atoms with E-state index in [2.05, 4.69) is 64.7 Å². The highest BCUT2D eigenvalue weighted by atomic mass is 16.1. The van der Waals surface area contributed by atoms with E-state index in [9.17, 15) is 4.79 Å². The maximum absolute atomic E-state index is 12.0. The van der Waals surface area contributed by atoms with Crippen LogP contribution in [0.1, 0.15) is 69.1 Å². The number of nitrogens with zero attached hydrogens (tertiary/aromatic N) is 5. The molecule has 3 aromatic heterocycles. The highest BCUT2D eigenvalue weighted by molar-refractivity contribution is 5.91. The summed E-state index contributed by atoms with van der Waals surface area (Å²) < 4.78 is 2.22. The number of nitrogens with one attached hydrogen (secondary N) is 1. The van der Waals surface area contributed by atoms with E-state index in [-0.39, 0.29) is 11.3 Å². The fourth-order valence-electron chi connectivity index (χ4n) is 4.84. The Balaban J connectivity index is 1.33. The van der Waals surface area contributed by atoms with E-state index in [1.54, 1.807) is 0 Å². The van der Waals surface area contributed by atoms with Crippen LogP contribution in [0, 0.1) is 19.3 Å². The molecule has 0 spiro atoms. The average molecular weight is 463 g/mol. The summed E-state index contributed by atoms with van der Waals surface area (Å²) in [5, 5.41) is 9.09. The number of hydrogen-bond donors (Lipinski definition) is 1. The first-order chi connectivity index (χ1) is 16.2. The number of aromatic nitrogens is 4. The zero-order chi connectivity index (χ0) is 24.3. The first-order valence-corrected chi connectivity index (χ1v) is 12.5. The van der Waals surface area contributed by atoms with Crippen LogP contribution in [0.4, 0.5) is 5.69 Å². The van der Waals surface area contributed by atoms with Gasteiger partial charge in [0.05, 0.1) is 17.4 Å². The zero-order valence-corrected chi connectivity index (χ0v) is 21.3. The fraction of sp³-hybridized carbons (Fsp3) is 0.556. The first-order valence-electron chi connectivity index (χ1n) is 12.5. The van der Waals surface area contributed by atoms with Crippen molar-refractivity contribution >= 4 is 22.5 Å². The number of amides is 1. The van der Waals surface area contributed by atoms with Gasteiger partial charge in [-0.15, -0.1) is 0 Å². The zero-order valence-electron chi connectivity index (χ0n) is 21.3. The molecule has 0 radical (unpaired) electrons. The number of fused-ring (bicyclic) bond motifs is 2. The quantitative estimate of drug-likeness (QED) is 0.490. The summed E-state index contributed by atoms with van der Waals surface area (Å²) in [4.78, 5) is 23.3. The molecule has 4 rings (SSSR count). The van der Waals surface area contributed by atoms with Crippen molar-refractivity contribution in [2.45, 2.75) is 79.8 Å². The third kappa shape index (κ3) is 5.75. The smallest absolute Gasteiger partial charge is 0.220 e. The van der Waals surface area contributed by atoms with Crippen LogP contribution in [0.25, 0.3) is 10.9 Å². The molecule has 0 saturated heterocycles. The van der Waals surface area contributed by atoms with Crippen LogP contribution in [0.2, 0.25) is 0 Å². The molecular weight excluding hydrogens is 424 g/mol. The molecule has 0 atom stereocenters. The molecule has 0 unspecified atom stereocenters. The number of hydrogen-bond acceptors (Lipinski definition) is 5. The van der Waals surface area contributed by atoms with Crippen LogP contribution >= 0.6 is 0 Å². The van der Waals surface area contributed by atoms with Crippen LogP contribution in [0.3, 0.4) is 0 Å². The lowest BCUT2D eigenvalue weighted by molar-refractivity contribution is -0.122. The van der Waals surface area contributed by atoms with Gasteiger partial charge < -0.3 is 10.2 Å². The van der Waals surface area contributed by atoms with Gasteiger partial charge in [-0.3, -0.25) is 19.4 Å². The Kier molecular flexibility index (Phi) is 7.19. The third-order valence-electron chi connectivity index (χ3n) is 6.45. The predicted molar refractivity (Wildman–Crippen MR) is 137 cm³/mol. The minimum atomic E-state index is 0.0389. The summed E-state index contributed by atoms with van der Waals surface area (Å²) in [6.45, 7) is 14.0.